The van der Waals surface area contributed by atoms with Crippen molar-refractivity contribution in [1.82, 2.24) is 4.98 Å². The molecule has 0 aliphatic heterocycles. The second-order valence-electron chi connectivity index (χ2n) is 5.21. The van der Waals surface area contributed by atoms with E-state index in [-0.39, 0.29) is 0 Å². The van der Waals surface area contributed by atoms with Crippen molar-refractivity contribution in [2.24, 2.45) is 0 Å². The van der Waals surface area contributed by atoms with Gasteiger partial charge in [0.15, 0.2) is 0 Å². The first kappa shape index (κ1) is 12.8. The van der Waals surface area contributed by atoms with Crippen LogP contribution in [0.15, 0.2) is 84.9 Å². The Morgan fingerprint density at radius 3 is 2.32 bits per heavy atom. The summed E-state index contributed by atoms with van der Waals surface area (Å²) in [5.74, 6) is 0. The molecule has 0 amide bonds. The van der Waals surface area contributed by atoms with Crippen LogP contribution in [0.5, 0.6) is 0 Å². The van der Waals surface area contributed by atoms with Gasteiger partial charge in [0, 0.05) is 5.39 Å². The standard InChI is InChI=1S/C21H14N/c1-3-9-16(10-4-1)19-15-21(17-11-5-2-6-12-17)22-20-14-8-7-13-18(19)20/h1-11,13-15H/q-1. The Labute approximate surface area is 129 Å². The van der Waals surface area contributed by atoms with Gasteiger partial charge in [-0.15, -0.1) is 35.9 Å². The van der Waals surface area contributed by atoms with Gasteiger partial charge in [-0.25, -0.2) is 0 Å². The van der Waals surface area contributed by atoms with Crippen LogP contribution < -0.4 is 0 Å². The van der Waals surface area contributed by atoms with Gasteiger partial charge >= 0.3 is 0 Å². The highest BCUT2D eigenvalue weighted by molar-refractivity contribution is 5.96. The molecule has 0 aliphatic rings. The first-order valence-corrected chi connectivity index (χ1v) is 7.34. The average Bonchev–Trinajstić information content (AvgIpc) is 2.62. The summed E-state index contributed by atoms with van der Waals surface area (Å²) in [6, 6.07) is 32.1. The molecule has 104 valence electrons. The molecule has 4 aromatic rings. The number of nitrogens with zero attached hydrogens (tertiary/aromatic N) is 1. The van der Waals surface area contributed by atoms with Crippen molar-refractivity contribution in [3.05, 3.63) is 91.0 Å². The van der Waals surface area contributed by atoms with Crippen LogP contribution in [0.4, 0.5) is 0 Å². The summed E-state index contributed by atoms with van der Waals surface area (Å²) in [4.78, 5) is 4.80. The van der Waals surface area contributed by atoms with Crippen LogP contribution in [0.3, 0.4) is 0 Å². The summed E-state index contributed by atoms with van der Waals surface area (Å²) in [5, 5.41) is 1.17. The molecule has 0 aliphatic carbocycles. The number of benzene rings is 3. The number of rotatable bonds is 2. The minimum absolute atomic E-state index is 0.957. The normalized spacial score (nSPS) is 10.7. The maximum Gasteiger partial charge on any atom is 0.0601 e. The smallest absolute Gasteiger partial charge is 0.0601 e. The van der Waals surface area contributed by atoms with E-state index in [0.717, 1.165) is 16.8 Å². The Hall–Kier alpha value is -2.93. The van der Waals surface area contributed by atoms with E-state index in [4.69, 9.17) is 4.98 Å². The third-order valence-electron chi connectivity index (χ3n) is 3.79. The molecule has 0 saturated heterocycles. The van der Waals surface area contributed by atoms with E-state index in [1.54, 1.807) is 0 Å². The lowest BCUT2D eigenvalue weighted by molar-refractivity contribution is 1.39. The van der Waals surface area contributed by atoms with Crippen molar-refractivity contribution in [2.75, 3.05) is 0 Å². The fourth-order valence-corrected chi connectivity index (χ4v) is 2.72. The molecule has 0 N–H and O–H groups in total. The van der Waals surface area contributed by atoms with Crippen LogP contribution in [-0.2, 0) is 0 Å². The minimum atomic E-state index is 0.957. The van der Waals surface area contributed by atoms with Gasteiger partial charge in [0.25, 0.3) is 0 Å². The van der Waals surface area contributed by atoms with Gasteiger partial charge < -0.3 is 0 Å². The van der Waals surface area contributed by atoms with Crippen molar-refractivity contribution < 1.29 is 0 Å². The van der Waals surface area contributed by atoms with E-state index >= 15 is 0 Å². The SMILES string of the molecule is [c-]1ccccc1-c1cc(-c2ccccc2)c2ccccc2n1. The van der Waals surface area contributed by atoms with Crippen LogP contribution >= 0.6 is 0 Å². The molecular weight excluding hydrogens is 266 g/mol. The number of hydrogen-bond acceptors (Lipinski definition) is 1. The van der Waals surface area contributed by atoms with Gasteiger partial charge in [-0.3, -0.25) is 4.98 Å². The summed E-state index contributed by atoms with van der Waals surface area (Å²) in [6.07, 6.45) is 0. The zero-order chi connectivity index (χ0) is 14.8. The van der Waals surface area contributed by atoms with E-state index in [1.165, 1.54) is 16.5 Å². The predicted molar refractivity (Wildman–Crippen MR) is 91.5 cm³/mol. The van der Waals surface area contributed by atoms with E-state index in [2.05, 4.69) is 54.6 Å². The summed E-state index contributed by atoms with van der Waals surface area (Å²) >= 11 is 0. The molecule has 3 aromatic carbocycles. The van der Waals surface area contributed by atoms with Crippen LogP contribution in [-0.4, -0.2) is 4.98 Å². The summed E-state index contributed by atoms with van der Waals surface area (Å²) in [6.45, 7) is 0. The second-order valence-corrected chi connectivity index (χ2v) is 5.21. The summed E-state index contributed by atoms with van der Waals surface area (Å²) < 4.78 is 0. The number of aromatic nitrogens is 1. The topological polar surface area (TPSA) is 12.9 Å². The molecule has 0 spiro atoms. The van der Waals surface area contributed by atoms with Gasteiger partial charge in [-0.1, -0.05) is 54.6 Å². The molecule has 0 bridgehead atoms. The molecule has 22 heavy (non-hydrogen) atoms. The first-order chi connectivity index (χ1) is 10.9. The van der Waals surface area contributed by atoms with Crippen LogP contribution in [0.25, 0.3) is 33.3 Å². The Bertz CT molecular complexity index is 912. The molecule has 0 atom stereocenters. The molecule has 1 heterocycles. The van der Waals surface area contributed by atoms with E-state index in [9.17, 15) is 0 Å². The van der Waals surface area contributed by atoms with Gasteiger partial charge in [0.05, 0.1) is 5.52 Å². The van der Waals surface area contributed by atoms with Crippen molar-refractivity contribution in [1.29, 1.82) is 0 Å². The summed E-state index contributed by atoms with van der Waals surface area (Å²) in [5.41, 5.74) is 5.40. The van der Waals surface area contributed by atoms with Crippen LogP contribution in [0, 0.1) is 6.07 Å². The lowest BCUT2D eigenvalue weighted by atomic mass is 9.98. The quantitative estimate of drug-likeness (QED) is 0.450. The highest BCUT2D eigenvalue weighted by Crippen LogP contribution is 2.31. The highest BCUT2D eigenvalue weighted by atomic mass is 14.7. The fourth-order valence-electron chi connectivity index (χ4n) is 2.72. The molecule has 1 aromatic heterocycles. The van der Waals surface area contributed by atoms with Crippen LogP contribution in [0.1, 0.15) is 0 Å². The van der Waals surface area contributed by atoms with Gasteiger partial charge in [0.1, 0.15) is 0 Å². The number of para-hydroxylation sites is 1. The Balaban J connectivity index is 2.02. The third kappa shape index (κ3) is 2.27. The Kier molecular flexibility index (Phi) is 3.17. The monoisotopic (exact) mass is 280 g/mol. The predicted octanol–water partition coefficient (Wildman–Crippen LogP) is 5.37. The number of fused-ring (bicyclic) bond motifs is 1. The molecule has 0 saturated carbocycles. The van der Waals surface area contributed by atoms with Gasteiger partial charge in [-0.2, -0.15) is 0 Å². The fraction of sp³-hybridized carbons (Fsp3) is 0. The van der Waals surface area contributed by atoms with Crippen molar-refractivity contribution >= 4 is 10.9 Å². The molecule has 0 unspecified atom stereocenters. The minimum Gasteiger partial charge on any atom is -0.296 e. The lowest BCUT2D eigenvalue weighted by Gasteiger charge is -2.14. The van der Waals surface area contributed by atoms with Gasteiger partial charge in [-0.05, 0) is 22.9 Å². The molecule has 0 radical (unpaired) electrons. The Morgan fingerprint density at radius 1 is 0.727 bits per heavy atom. The highest BCUT2D eigenvalue weighted by Gasteiger charge is 2.05. The molecule has 4 rings (SSSR count). The average molecular weight is 280 g/mol. The van der Waals surface area contributed by atoms with Crippen LogP contribution in [0.2, 0.25) is 0 Å². The zero-order valence-electron chi connectivity index (χ0n) is 12.0. The maximum absolute atomic E-state index is 4.80. The van der Waals surface area contributed by atoms with Crippen molar-refractivity contribution in [3.8, 4) is 22.4 Å². The van der Waals surface area contributed by atoms with E-state index in [1.807, 2.05) is 36.4 Å². The number of hydrogen-bond donors (Lipinski definition) is 0. The van der Waals surface area contributed by atoms with Crippen molar-refractivity contribution in [3.63, 3.8) is 0 Å². The largest absolute Gasteiger partial charge is 0.296 e. The first-order valence-electron chi connectivity index (χ1n) is 7.34. The zero-order valence-corrected chi connectivity index (χ0v) is 12.0. The molecular formula is C21H14N-. The summed E-state index contributed by atoms with van der Waals surface area (Å²) in [7, 11) is 0. The lowest BCUT2D eigenvalue weighted by Crippen LogP contribution is -1.89. The van der Waals surface area contributed by atoms with E-state index in [0.29, 0.717) is 0 Å². The second kappa shape index (κ2) is 5.45. The third-order valence-corrected chi connectivity index (χ3v) is 3.79. The Morgan fingerprint density at radius 2 is 1.50 bits per heavy atom. The van der Waals surface area contributed by atoms with E-state index < -0.39 is 0 Å². The molecule has 1 nitrogen and oxygen atoms in total. The maximum atomic E-state index is 4.80. The van der Waals surface area contributed by atoms with Gasteiger partial charge in [0.2, 0.25) is 0 Å². The number of pyridine rings is 1. The van der Waals surface area contributed by atoms with Crippen molar-refractivity contribution in [2.45, 2.75) is 0 Å². The molecule has 0 fully saturated rings. The molecule has 1 heteroatoms.